The van der Waals surface area contributed by atoms with Gasteiger partial charge in [-0.1, -0.05) is 46.8 Å². The molecular weight excluding hydrogens is 292 g/mol. The van der Waals surface area contributed by atoms with Crippen molar-refractivity contribution in [3.05, 3.63) is 33.0 Å². The Bertz CT molecular complexity index is 402. The third-order valence-corrected chi connectivity index (χ3v) is 4.12. The Hall–Kier alpha value is -0.120. The minimum Gasteiger partial charge on any atom is -0.321 e. The van der Waals surface area contributed by atoms with Crippen LogP contribution in [0.25, 0.3) is 0 Å². The van der Waals surface area contributed by atoms with E-state index in [2.05, 4.69) is 15.9 Å². The third-order valence-electron chi connectivity index (χ3n) is 3.28. The normalized spacial score (nSPS) is 19.8. The van der Waals surface area contributed by atoms with Gasteiger partial charge in [0.1, 0.15) is 5.82 Å². The van der Waals surface area contributed by atoms with Crippen molar-refractivity contribution in [2.24, 2.45) is 5.73 Å². The molecule has 0 radical (unpaired) electrons. The van der Waals surface area contributed by atoms with Gasteiger partial charge in [-0.15, -0.1) is 0 Å². The van der Waals surface area contributed by atoms with E-state index in [1.165, 1.54) is 12.5 Å². The van der Waals surface area contributed by atoms with Gasteiger partial charge in [-0.3, -0.25) is 0 Å². The van der Waals surface area contributed by atoms with E-state index < -0.39 is 11.4 Å². The van der Waals surface area contributed by atoms with Crippen LogP contribution < -0.4 is 5.73 Å². The van der Waals surface area contributed by atoms with Gasteiger partial charge in [0.05, 0.1) is 5.02 Å². The lowest BCUT2D eigenvalue weighted by Gasteiger charge is -2.34. The average molecular weight is 307 g/mol. The van der Waals surface area contributed by atoms with Crippen molar-refractivity contribution >= 4 is 27.5 Å². The highest BCUT2D eigenvalue weighted by Gasteiger charge is 2.32. The number of hydrogen-bond acceptors (Lipinski definition) is 1. The maximum Gasteiger partial charge on any atom is 0.143 e. The molecule has 4 heteroatoms. The molecule has 0 spiro atoms. The molecule has 1 aromatic rings. The summed E-state index contributed by atoms with van der Waals surface area (Å²) in [6, 6.07) is 3.22. The zero-order valence-electron chi connectivity index (χ0n) is 8.90. The SMILES string of the molecule is NC1(c2cc(Br)cc(F)c2Cl)CCCCC1. The van der Waals surface area contributed by atoms with Crippen molar-refractivity contribution in [2.75, 3.05) is 0 Å². The zero-order chi connectivity index (χ0) is 11.8. The first-order chi connectivity index (χ1) is 7.53. The summed E-state index contributed by atoms with van der Waals surface area (Å²) in [6.07, 6.45) is 5.13. The highest BCUT2D eigenvalue weighted by atomic mass is 79.9. The van der Waals surface area contributed by atoms with Crippen LogP contribution in [0.4, 0.5) is 4.39 Å². The van der Waals surface area contributed by atoms with E-state index in [4.69, 9.17) is 17.3 Å². The first-order valence-electron chi connectivity index (χ1n) is 5.47. The summed E-state index contributed by atoms with van der Waals surface area (Å²) in [5.74, 6) is -0.401. The van der Waals surface area contributed by atoms with Crippen molar-refractivity contribution in [2.45, 2.75) is 37.6 Å². The summed E-state index contributed by atoms with van der Waals surface area (Å²) in [5.41, 5.74) is 6.63. The van der Waals surface area contributed by atoms with Crippen LogP contribution in [0.15, 0.2) is 16.6 Å². The minimum absolute atomic E-state index is 0.174. The number of rotatable bonds is 1. The summed E-state index contributed by atoms with van der Waals surface area (Å²) >= 11 is 9.30. The highest BCUT2D eigenvalue weighted by molar-refractivity contribution is 9.10. The van der Waals surface area contributed by atoms with Crippen LogP contribution in [0.1, 0.15) is 37.7 Å². The largest absolute Gasteiger partial charge is 0.321 e. The van der Waals surface area contributed by atoms with Crippen LogP contribution in [0.3, 0.4) is 0 Å². The van der Waals surface area contributed by atoms with Crippen molar-refractivity contribution in [3.63, 3.8) is 0 Å². The lowest BCUT2D eigenvalue weighted by Crippen LogP contribution is -2.39. The van der Waals surface area contributed by atoms with E-state index in [0.717, 1.165) is 31.2 Å². The van der Waals surface area contributed by atoms with E-state index in [-0.39, 0.29) is 5.02 Å². The summed E-state index contributed by atoms with van der Waals surface area (Å²) in [5, 5.41) is 0.174. The van der Waals surface area contributed by atoms with Crippen LogP contribution in [0, 0.1) is 5.82 Å². The fraction of sp³-hybridized carbons (Fsp3) is 0.500. The maximum absolute atomic E-state index is 13.5. The van der Waals surface area contributed by atoms with Crippen molar-refractivity contribution in [1.82, 2.24) is 0 Å². The topological polar surface area (TPSA) is 26.0 Å². The number of nitrogens with two attached hydrogens (primary N) is 1. The van der Waals surface area contributed by atoms with Gasteiger partial charge < -0.3 is 5.73 Å². The molecule has 2 rings (SSSR count). The summed E-state index contributed by atoms with van der Waals surface area (Å²) in [7, 11) is 0. The molecule has 0 aromatic heterocycles. The van der Waals surface area contributed by atoms with Crippen LogP contribution in [0.5, 0.6) is 0 Å². The number of benzene rings is 1. The quantitative estimate of drug-likeness (QED) is 0.767. The smallest absolute Gasteiger partial charge is 0.143 e. The third kappa shape index (κ3) is 2.27. The van der Waals surface area contributed by atoms with Crippen LogP contribution in [-0.2, 0) is 5.54 Å². The van der Waals surface area contributed by atoms with Gasteiger partial charge in [0.25, 0.3) is 0 Å². The van der Waals surface area contributed by atoms with Crippen LogP contribution >= 0.6 is 27.5 Å². The predicted octanol–water partition coefficient (Wildman–Crippen LogP) is 4.36. The summed E-state index contributed by atoms with van der Waals surface area (Å²) in [4.78, 5) is 0. The first kappa shape index (κ1) is 12.3. The van der Waals surface area contributed by atoms with Crippen molar-refractivity contribution < 1.29 is 4.39 Å². The molecule has 1 aliphatic rings. The molecule has 16 heavy (non-hydrogen) atoms. The van der Waals surface area contributed by atoms with Crippen molar-refractivity contribution in [3.8, 4) is 0 Å². The second kappa shape index (κ2) is 4.63. The van der Waals surface area contributed by atoms with E-state index in [9.17, 15) is 4.39 Å². The predicted molar refractivity (Wildman–Crippen MR) is 68.1 cm³/mol. The van der Waals surface area contributed by atoms with Gasteiger partial charge >= 0.3 is 0 Å². The molecule has 0 saturated heterocycles. The maximum atomic E-state index is 13.5. The average Bonchev–Trinajstić information content (AvgIpc) is 2.24. The van der Waals surface area contributed by atoms with Gasteiger partial charge in [0.15, 0.2) is 0 Å². The lowest BCUT2D eigenvalue weighted by molar-refractivity contribution is 0.301. The molecule has 1 fully saturated rings. The Morgan fingerprint density at radius 2 is 1.88 bits per heavy atom. The zero-order valence-corrected chi connectivity index (χ0v) is 11.2. The van der Waals surface area contributed by atoms with Crippen LogP contribution in [-0.4, -0.2) is 0 Å². The van der Waals surface area contributed by atoms with E-state index in [0.29, 0.717) is 4.47 Å². The van der Waals surface area contributed by atoms with Gasteiger partial charge in [0.2, 0.25) is 0 Å². The lowest BCUT2D eigenvalue weighted by atomic mass is 9.77. The molecule has 1 saturated carbocycles. The fourth-order valence-electron chi connectivity index (χ4n) is 2.37. The standard InChI is InChI=1S/C12H14BrClFN/c13-8-6-9(11(14)10(15)7-8)12(16)4-2-1-3-5-12/h6-7H,1-5,16H2. The Morgan fingerprint density at radius 1 is 1.25 bits per heavy atom. The molecule has 88 valence electrons. The number of hydrogen-bond donors (Lipinski definition) is 1. The Balaban J connectivity index is 2.45. The first-order valence-corrected chi connectivity index (χ1v) is 6.64. The Kier molecular flexibility index (Phi) is 3.57. The molecule has 1 aromatic carbocycles. The van der Waals surface area contributed by atoms with Gasteiger partial charge in [-0.2, -0.15) is 0 Å². The molecule has 1 aliphatic carbocycles. The van der Waals surface area contributed by atoms with Gasteiger partial charge in [0, 0.05) is 10.0 Å². The Morgan fingerprint density at radius 3 is 2.50 bits per heavy atom. The molecule has 0 unspecified atom stereocenters. The molecule has 2 N–H and O–H groups in total. The number of halogens is 3. The van der Waals surface area contributed by atoms with E-state index in [1.807, 2.05) is 6.07 Å². The van der Waals surface area contributed by atoms with Crippen LogP contribution in [0.2, 0.25) is 5.02 Å². The molecule has 0 bridgehead atoms. The highest BCUT2D eigenvalue weighted by Crippen LogP contribution is 2.40. The monoisotopic (exact) mass is 305 g/mol. The second-order valence-corrected chi connectivity index (χ2v) is 5.76. The van der Waals surface area contributed by atoms with Crippen molar-refractivity contribution in [1.29, 1.82) is 0 Å². The summed E-state index contributed by atoms with van der Waals surface area (Å²) in [6.45, 7) is 0. The minimum atomic E-state index is -0.458. The van der Waals surface area contributed by atoms with Gasteiger partial charge in [-0.25, -0.2) is 4.39 Å². The molecule has 1 nitrogen and oxygen atoms in total. The summed E-state index contributed by atoms with van der Waals surface area (Å²) < 4.78 is 14.2. The molecule has 0 amide bonds. The Labute approximate surface area is 108 Å². The molecule has 0 heterocycles. The molecule has 0 aliphatic heterocycles. The molecule has 0 atom stereocenters. The molecular formula is C12H14BrClFN. The van der Waals surface area contributed by atoms with E-state index >= 15 is 0 Å². The van der Waals surface area contributed by atoms with E-state index in [1.54, 1.807) is 0 Å². The fourth-order valence-corrected chi connectivity index (χ4v) is 3.10. The van der Waals surface area contributed by atoms with Gasteiger partial charge in [-0.05, 0) is 30.5 Å². The second-order valence-electron chi connectivity index (χ2n) is 4.47.